The van der Waals surface area contributed by atoms with E-state index in [0.29, 0.717) is 19.4 Å². The summed E-state index contributed by atoms with van der Waals surface area (Å²) in [6, 6.07) is -0.629. The number of aliphatic hydroxyl groups is 2. The molecule has 0 aliphatic heterocycles. The lowest BCUT2D eigenvalue weighted by molar-refractivity contribution is -0.143. The van der Waals surface area contributed by atoms with Crippen LogP contribution in [0, 0.1) is 0 Å². The lowest BCUT2D eigenvalue weighted by Crippen LogP contribution is -2.45. The Morgan fingerprint density at radius 2 is 0.630 bits per heavy atom. The fourth-order valence-electron chi connectivity index (χ4n) is 10.7. The van der Waals surface area contributed by atoms with Crippen molar-refractivity contribution in [3.05, 3.63) is 12.2 Å². The van der Waals surface area contributed by atoms with E-state index in [0.717, 1.165) is 38.5 Å². The van der Waals surface area contributed by atoms with E-state index in [4.69, 9.17) is 4.74 Å². The molecule has 6 heteroatoms. The van der Waals surface area contributed by atoms with E-state index in [1.807, 2.05) is 6.08 Å². The molecule has 0 aromatic heterocycles. The standard InChI is InChI=1S/C67H131NO5/c1-3-5-7-9-11-13-15-17-19-20-21-22-25-28-32-35-39-43-47-51-55-59-65(70)64(63-69)68-66(71)60-56-52-48-44-40-36-33-29-26-23-24-27-30-34-38-42-46-50-54-58-62-73-67(72)61-57-53-49-45-41-37-31-18-16-14-12-10-8-6-4-2/h55,59,64-65,69-70H,3-54,56-58,60-63H2,1-2H3,(H,68,71)/b59-55+. The molecule has 2 atom stereocenters. The second kappa shape index (κ2) is 63.1. The summed E-state index contributed by atoms with van der Waals surface area (Å²) in [6.07, 6.45) is 76.9. The van der Waals surface area contributed by atoms with Crippen molar-refractivity contribution in [3.8, 4) is 0 Å². The third kappa shape index (κ3) is 59.7. The van der Waals surface area contributed by atoms with Gasteiger partial charge in [0.1, 0.15) is 0 Å². The van der Waals surface area contributed by atoms with Gasteiger partial charge in [0.05, 0.1) is 25.4 Å². The van der Waals surface area contributed by atoms with Gasteiger partial charge in [0.2, 0.25) is 5.91 Å². The van der Waals surface area contributed by atoms with Crippen LogP contribution in [0.25, 0.3) is 0 Å². The van der Waals surface area contributed by atoms with Gasteiger partial charge in [0.15, 0.2) is 0 Å². The van der Waals surface area contributed by atoms with Crippen molar-refractivity contribution in [1.29, 1.82) is 0 Å². The molecule has 0 bridgehead atoms. The first-order chi connectivity index (χ1) is 36.0. The number of nitrogens with one attached hydrogen (secondary N) is 1. The Morgan fingerprint density at radius 3 is 0.932 bits per heavy atom. The number of carbonyl (C=O) groups excluding carboxylic acids is 2. The number of rotatable bonds is 63. The lowest BCUT2D eigenvalue weighted by Gasteiger charge is -2.20. The second-order valence-electron chi connectivity index (χ2n) is 23.2. The molecule has 0 fully saturated rings. The number of carbonyl (C=O) groups is 2. The van der Waals surface area contributed by atoms with E-state index >= 15 is 0 Å². The molecule has 1 amide bonds. The molecule has 0 aromatic carbocycles. The summed E-state index contributed by atoms with van der Waals surface area (Å²) in [5.74, 6) is -0.0516. The van der Waals surface area contributed by atoms with Gasteiger partial charge in [0, 0.05) is 12.8 Å². The molecule has 6 nitrogen and oxygen atoms in total. The Hall–Kier alpha value is -1.40. The van der Waals surface area contributed by atoms with Crippen molar-refractivity contribution in [2.45, 2.75) is 392 Å². The topological polar surface area (TPSA) is 95.9 Å². The maximum Gasteiger partial charge on any atom is 0.305 e. The van der Waals surface area contributed by atoms with Crippen LogP contribution >= 0.6 is 0 Å². The van der Waals surface area contributed by atoms with Crippen molar-refractivity contribution < 1.29 is 24.5 Å². The van der Waals surface area contributed by atoms with Gasteiger partial charge in [0.25, 0.3) is 0 Å². The molecule has 0 spiro atoms. The monoisotopic (exact) mass is 1030 g/mol. The number of amides is 1. The van der Waals surface area contributed by atoms with Crippen molar-refractivity contribution in [2.24, 2.45) is 0 Å². The van der Waals surface area contributed by atoms with Crippen LogP contribution in [-0.2, 0) is 14.3 Å². The van der Waals surface area contributed by atoms with Crippen LogP contribution in [0.2, 0.25) is 0 Å². The number of hydrogen-bond donors (Lipinski definition) is 3. The zero-order valence-corrected chi connectivity index (χ0v) is 49.6. The summed E-state index contributed by atoms with van der Waals surface area (Å²) < 4.78 is 5.49. The Labute approximate surface area is 457 Å². The number of ether oxygens (including phenoxy) is 1. The minimum Gasteiger partial charge on any atom is -0.466 e. The summed E-state index contributed by atoms with van der Waals surface area (Å²) in [5, 5.41) is 23.2. The molecule has 0 rings (SSSR count). The summed E-state index contributed by atoms with van der Waals surface area (Å²) in [4.78, 5) is 24.6. The number of allylic oxidation sites excluding steroid dienone is 1. The molecule has 434 valence electrons. The molecule has 0 aliphatic rings. The number of aliphatic hydroxyl groups excluding tert-OH is 2. The van der Waals surface area contributed by atoms with Crippen molar-refractivity contribution in [1.82, 2.24) is 5.32 Å². The first-order valence-corrected chi connectivity index (χ1v) is 33.5. The van der Waals surface area contributed by atoms with Gasteiger partial charge >= 0.3 is 5.97 Å². The van der Waals surface area contributed by atoms with Gasteiger partial charge in [-0.15, -0.1) is 0 Å². The van der Waals surface area contributed by atoms with Crippen LogP contribution in [0.15, 0.2) is 12.2 Å². The van der Waals surface area contributed by atoms with Gasteiger partial charge in [-0.05, 0) is 32.1 Å². The highest BCUT2D eigenvalue weighted by atomic mass is 16.5. The van der Waals surface area contributed by atoms with Gasteiger partial charge < -0.3 is 20.3 Å². The number of unbranched alkanes of at least 4 members (excludes halogenated alkanes) is 52. The molecule has 0 aliphatic carbocycles. The third-order valence-corrected chi connectivity index (χ3v) is 15.8. The second-order valence-corrected chi connectivity index (χ2v) is 23.2. The van der Waals surface area contributed by atoms with Crippen LogP contribution in [0.4, 0.5) is 0 Å². The van der Waals surface area contributed by atoms with E-state index < -0.39 is 12.1 Å². The molecule has 2 unspecified atom stereocenters. The minimum absolute atomic E-state index is 0.0139. The smallest absolute Gasteiger partial charge is 0.305 e. The average Bonchev–Trinajstić information content (AvgIpc) is 3.39. The van der Waals surface area contributed by atoms with Crippen molar-refractivity contribution in [3.63, 3.8) is 0 Å². The highest BCUT2D eigenvalue weighted by Gasteiger charge is 2.18. The maximum absolute atomic E-state index is 12.5. The zero-order valence-electron chi connectivity index (χ0n) is 49.6. The molecular weight excluding hydrogens is 899 g/mol. The van der Waals surface area contributed by atoms with Gasteiger partial charge in [-0.3, -0.25) is 9.59 Å². The average molecular weight is 1030 g/mol. The molecule has 0 saturated heterocycles. The predicted molar refractivity (Wildman–Crippen MR) is 320 cm³/mol. The van der Waals surface area contributed by atoms with Crippen LogP contribution in [0.1, 0.15) is 380 Å². The molecule has 3 N–H and O–H groups in total. The summed E-state index contributed by atoms with van der Waals surface area (Å²) in [7, 11) is 0. The Kier molecular flexibility index (Phi) is 61.9. The first kappa shape index (κ1) is 71.6. The molecule has 0 heterocycles. The van der Waals surface area contributed by atoms with Gasteiger partial charge in [-0.25, -0.2) is 0 Å². The molecule has 73 heavy (non-hydrogen) atoms. The Balaban J connectivity index is 3.41. The SMILES string of the molecule is CCCCCCCCCCCCCCCCCCCCC/C=C/C(O)C(CO)NC(=O)CCCCCCCCCCCCCCCCCCCCCCOC(=O)CCCCCCCCCCCCCCCCC. The fraction of sp³-hybridized carbons (Fsp3) is 0.940. The molecule has 0 radical (unpaired) electrons. The largest absolute Gasteiger partial charge is 0.466 e. The van der Waals surface area contributed by atoms with E-state index in [9.17, 15) is 19.8 Å². The zero-order chi connectivity index (χ0) is 52.9. The van der Waals surface area contributed by atoms with Crippen LogP contribution in [0.5, 0.6) is 0 Å². The summed E-state index contributed by atoms with van der Waals surface area (Å²) in [6.45, 7) is 4.94. The van der Waals surface area contributed by atoms with Crippen molar-refractivity contribution in [2.75, 3.05) is 13.2 Å². The summed E-state index contributed by atoms with van der Waals surface area (Å²) >= 11 is 0. The van der Waals surface area contributed by atoms with E-state index in [1.165, 1.54) is 315 Å². The Bertz CT molecular complexity index is 1100. The highest BCUT2D eigenvalue weighted by Crippen LogP contribution is 2.19. The fourth-order valence-corrected chi connectivity index (χ4v) is 10.7. The highest BCUT2D eigenvalue weighted by molar-refractivity contribution is 5.76. The van der Waals surface area contributed by atoms with Crippen LogP contribution < -0.4 is 5.32 Å². The van der Waals surface area contributed by atoms with Gasteiger partial charge in [-0.1, -0.05) is 347 Å². The maximum atomic E-state index is 12.5. The minimum atomic E-state index is -0.846. The number of esters is 1. The number of hydrogen-bond acceptors (Lipinski definition) is 5. The predicted octanol–water partition coefficient (Wildman–Crippen LogP) is 21.2. The van der Waals surface area contributed by atoms with E-state index in [1.54, 1.807) is 6.08 Å². The first-order valence-electron chi connectivity index (χ1n) is 33.5. The van der Waals surface area contributed by atoms with Crippen LogP contribution in [-0.4, -0.2) is 47.4 Å². The van der Waals surface area contributed by atoms with E-state index in [2.05, 4.69) is 19.2 Å². The van der Waals surface area contributed by atoms with Gasteiger partial charge in [-0.2, -0.15) is 0 Å². The molecule has 0 aromatic rings. The lowest BCUT2D eigenvalue weighted by atomic mass is 10.0. The normalized spacial score (nSPS) is 12.5. The summed E-state index contributed by atoms with van der Waals surface area (Å²) in [5.41, 5.74) is 0. The van der Waals surface area contributed by atoms with Crippen molar-refractivity contribution >= 4 is 11.9 Å². The molecular formula is C67H131NO5. The Morgan fingerprint density at radius 1 is 0.370 bits per heavy atom. The quantitative estimate of drug-likeness (QED) is 0.0320. The third-order valence-electron chi connectivity index (χ3n) is 15.8. The molecule has 0 saturated carbocycles. The van der Waals surface area contributed by atoms with E-state index in [-0.39, 0.29) is 18.5 Å². The van der Waals surface area contributed by atoms with Crippen LogP contribution in [0.3, 0.4) is 0 Å².